The number of rotatable bonds is 9. The highest BCUT2D eigenvalue weighted by atomic mass is 32.2. The van der Waals surface area contributed by atoms with Gasteiger partial charge in [0.15, 0.2) is 0 Å². The average Bonchev–Trinajstić information content (AvgIpc) is 2.82. The smallest absolute Gasteiger partial charge is 0.328 e. The van der Waals surface area contributed by atoms with Crippen LogP contribution in [-0.2, 0) is 25.0 Å². The van der Waals surface area contributed by atoms with Gasteiger partial charge in [0, 0.05) is 37.0 Å². The number of carbonyl (C=O) groups is 3. The Morgan fingerprint density at radius 2 is 1.73 bits per heavy atom. The molecule has 1 heterocycles. The second kappa shape index (κ2) is 11.2. The maximum absolute atomic E-state index is 13.4. The van der Waals surface area contributed by atoms with Crippen molar-refractivity contribution in [2.45, 2.75) is 32.6 Å². The van der Waals surface area contributed by atoms with Crippen molar-refractivity contribution in [2.75, 3.05) is 48.1 Å². The van der Waals surface area contributed by atoms with Gasteiger partial charge in [-0.15, -0.1) is 0 Å². The zero-order valence-corrected chi connectivity index (χ0v) is 22.3. The summed E-state index contributed by atoms with van der Waals surface area (Å²) in [4.78, 5) is 39.5. The number of imide groups is 1. The molecule has 4 amide bonds. The molecule has 1 saturated heterocycles. The molecule has 200 valence electrons. The van der Waals surface area contributed by atoms with Crippen LogP contribution in [0.5, 0.6) is 5.75 Å². The van der Waals surface area contributed by atoms with E-state index in [0.29, 0.717) is 22.7 Å². The second-order valence-corrected chi connectivity index (χ2v) is 11.3. The maximum atomic E-state index is 13.4. The Bertz CT molecular complexity index is 1270. The molecule has 1 aliphatic heterocycles. The lowest BCUT2D eigenvalue weighted by molar-refractivity contribution is -0.118. The molecule has 1 fully saturated rings. The molecular weight excluding hydrogens is 500 g/mol. The molecule has 2 aromatic carbocycles. The van der Waals surface area contributed by atoms with Crippen molar-refractivity contribution in [1.29, 1.82) is 0 Å². The standard InChI is InChI=1S/C25H32N4O7S/c1-25(2,3)20-15-18(29-21(30)10-11-26-24(29)32)14-19(22(20)36-5)23(31)27-16-6-8-17(9-7-16)28-37(33,34)13-12-35-4/h6-9,14-15,28H,10-13H2,1-5H3,(H,26,32)(H,27,31). The van der Waals surface area contributed by atoms with E-state index in [2.05, 4.69) is 15.4 Å². The number of benzene rings is 2. The summed E-state index contributed by atoms with van der Waals surface area (Å²) in [5, 5.41) is 5.42. The largest absolute Gasteiger partial charge is 0.496 e. The number of nitrogens with one attached hydrogen (secondary N) is 3. The first-order chi connectivity index (χ1) is 17.4. The minimum atomic E-state index is -3.57. The molecule has 0 spiro atoms. The van der Waals surface area contributed by atoms with Crippen LogP contribution in [-0.4, -0.2) is 59.4 Å². The van der Waals surface area contributed by atoms with E-state index in [-0.39, 0.29) is 42.5 Å². The SMILES string of the molecule is COCCS(=O)(=O)Nc1ccc(NC(=O)c2cc(N3C(=O)CCNC3=O)cc(C(C)(C)C)c2OC)cc1. The summed E-state index contributed by atoms with van der Waals surface area (Å²) in [6.45, 7) is 6.11. The fraction of sp³-hybridized carbons (Fsp3) is 0.400. The Balaban J connectivity index is 1.93. The third-order valence-electron chi connectivity index (χ3n) is 5.63. The van der Waals surface area contributed by atoms with E-state index in [1.54, 1.807) is 18.2 Å². The fourth-order valence-electron chi connectivity index (χ4n) is 3.77. The number of amides is 4. The molecule has 3 N–H and O–H groups in total. The number of urea groups is 1. The van der Waals surface area contributed by atoms with Crippen LogP contribution >= 0.6 is 0 Å². The Hall–Kier alpha value is -3.64. The van der Waals surface area contributed by atoms with Gasteiger partial charge in [-0.25, -0.2) is 18.1 Å². The van der Waals surface area contributed by atoms with E-state index in [4.69, 9.17) is 9.47 Å². The van der Waals surface area contributed by atoms with Gasteiger partial charge in [-0.1, -0.05) is 20.8 Å². The molecule has 0 aliphatic carbocycles. The van der Waals surface area contributed by atoms with Crippen LogP contribution in [0.15, 0.2) is 36.4 Å². The van der Waals surface area contributed by atoms with E-state index in [9.17, 15) is 22.8 Å². The van der Waals surface area contributed by atoms with Crippen molar-refractivity contribution in [3.05, 3.63) is 47.5 Å². The van der Waals surface area contributed by atoms with Crippen LogP contribution in [0.4, 0.5) is 21.9 Å². The van der Waals surface area contributed by atoms with Crippen LogP contribution in [0.2, 0.25) is 0 Å². The van der Waals surface area contributed by atoms with E-state index < -0.39 is 27.4 Å². The molecule has 0 saturated carbocycles. The minimum absolute atomic E-state index is 0.0611. The summed E-state index contributed by atoms with van der Waals surface area (Å²) in [7, 11) is -0.705. The van der Waals surface area contributed by atoms with Crippen LogP contribution in [0, 0.1) is 0 Å². The predicted molar refractivity (Wildman–Crippen MR) is 141 cm³/mol. The summed E-state index contributed by atoms with van der Waals surface area (Å²) in [6, 6.07) is 8.71. The monoisotopic (exact) mass is 532 g/mol. The molecule has 0 unspecified atom stereocenters. The minimum Gasteiger partial charge on any atom is -0.496 e. The molecule has 0 atom stereocenters. The first kappa shape index (κ1) is 27.9. The Kier molecular flexibility index (Phi) is 8.44. The van der Waals surface area contributed by atoms with Gasteiger partial charge < -0.3 is 20.1 Å². The van der Waals surface area contributed by atoms with Gasteiger partial charge in [-0.2, -0.15) is 0 Å². The van der Waals surface area contributed by atoms with Crippen LogP contribution in [0.1, 0.15) is 43.1 Å². The molecule has 3 rings (SSSR count). The number of anilines is 3. The number of hydrogen-bond acceptors (Lipinski definition) is 7. The number of carbonyl (C=O) groups excluding carboxylic acids is 3. The Morgan fingerprint density at radius 1 is 1.08 bits per heavy atom. The van der Waals surface area contributed by atoms with E-state index in [0.717, 1.165) is 4.90 Å². The first-order valence-corrected chi connectivity index (χ1v) is 13.3. The normalized spacial score (nSPS) is 14.2. The number of methoxy groups -OCH3 is 2. The van der Waals surface area contributed by atoms with Gasteiger partial charge in [0.25, 0.3) is 5.91 Å². The maximum Gasteiger partial charge on any atom is 0.328 e. The van der Waals surface area contributed by atoms with Gasteiger partial charge in [0.05, 0.1) is 30.7 Å². The van der Waals surface area contributed by atoms with Gasteiger partial charge in [-0.05, 0) is 41.8 Å². The van der Waals surface area contributed by atoms with Gasteiger partial charge in [0.1, 0.15) is 5.75 Å². The van der Waals surface area contributed by atoms with E-state index >= 15 is 0 Å². The van der Waals surface area contributed by atoms with Crippen molar-refractivity contribution >= 4 is 44.9 Å². The first-order valence-electron chi connectivity index (χ1n) is 11.6. The Morgan fingerprint density at radius 3 is 2.30 bits per heavy atom. The van der Waals surface area contributed by atoms with E-state index in [1.165, 1.54) is 32.4 Å². The lowest BCUT2D eigenvalue weighted by Crippen LogP contribution is -2.50. The summed E-state index contributed by atoms with van der Waals surface area (Å²) in [5.74, 6) is -0.765. The van der Waals surface area contributed by atoms with Crippen molar-refractivity contribution < 1.29 is 32.3 Å². The predicted octanol–water partition coefficient (Wildman–Crippen LogP) is 3.08. The molecule has 0 aromatic heterocycles. The highest BCUT2D eigenvalue weighted by Crippen LogP contribution is 2.38. The van der Waals surface area contributed by atoms with Gasteiger partial charge in [-0.3, -0.25) is 14.3 Å². The van der Waals surface area contributed by atoms with E-state index in [1.807, 2.05) is 20.8 Å². The van der Waals surface area contributed by atoms with Crippen molar-refractivity contribution in [3.63, 3.8) is 0 Å². The highest BCUT2D eigenvalue weighted by Gasteiger charge is 2.32. The summed E-state index contributed by atoms with van der Waals surface area (Å²) < 4.78 is 37.0. The second-order valence-electron chi connectivity index (χ2n) is 9.48. The lowest BCUT2D eigenvalue weighted by atomic mass is 9.84. The third kappa shape index (κ3) is 6.77. The zero-order chi connectivity index (χ0) is 27.4. The summed E-state index contributed by atoms with van der Waals surface area (Å²) in [6.07, 6.45) is 0.145. The number of hydrogen-bond donors (Lipinski definition) is 3. The average molecular weight is 533 g/mol. The Labute approximate surface area is 216 Å². The fourth-order valence-corrected chi connectivity index (χ4v) is 4.76. The van der Waals surface area contributed by atoms with Gasteiger partial charge >= 0.3 is 6.03 Å². The molecule has 0 radical (unpaired) electrons. The van der Waals surface area contributed by atoms with Crippen molar-refractivity contribution in [2.24, 2.45) is 0 Å². The van der Waals surface area contributed by atoms with Gasteiger partial charge in [0.2, 0.25) is 15.9 Å². The molecule has 11 nitrogen and oxygen atoms in total. The van der Waals surface area contributed by atoms with Crippen LogP contribution in [0.3, 0.4) is 0 Å². The summed E-state index contributed by atoms with van der Waals surface area (Å²) >= 11 is 0. The molecule has 2 aromatic rings. The van der Waals surface area contributed by atoms with Crippen LogP contribution < -0.4 is 25.0 Å². The third-order valence-corrected chi connectivity index (χ3v) is 6.88. The van der Waals surface area contributed by atoms with Crippen LogP contribution in [0.25, 0.3) is 0 Å². The van der Waals surface area contributed by atoms with Crippen molar-refractivity contribution in [3.8, 4) is 5.75 Å². The molecule has 37 heavy (non-hydrogen) atoms. The zero-order valence-electron chi connectivity index (χ0n) is 21.5. The molecule has 0 bridgehead atoms. The highest BCUT2D eigenvalue weighted by molar-refractivity contribution is 7.92. The molecular formula is C25H32N4O7S. The quantitative estimate of drug-likeness (QED) is 0.450. The number of nitrogens with zero attached hydrogens (tertiary/aromatic N) is 1. The van der Waals surface area contributed by atoms with Crippen molar-refractivity contribution in [1.82, 2.24) is 5.32 Å². The summed E-state index contributed by atoms with van der Waals surface area (Å²) in [5.41, 5.74) is 1.30. The lowest BCUT2D eigenvalue weighted by Gasteiger charge is -2.30. The number of sulfonamides is 1. The molecule has 1 aliphatic rings. The number of ether oxygens (including phenoxy) is 2. The molecule has 12 heteroatoms. The topological polar surface area (TPSA) is 143 Å².